The molecule has 1 aromatic rings. The quantitative estimate of drug-likeness (QED) is 0.858. The molecule has 1 N–H and O–H groups in total. The summed E-state index contributed by atoms with van der Waals surface area (Å²) in [5, 5.41) is -0.101. The predicted octanol–water partition coefficient (Wildman–Crippen LogP) is 3.39. The monoisotopic (exact) mass is 335 g/mol. The molecule has 0 atom stereocenters. The lowest BCUT2D eigenvalue weighted by atomic mass is 9.86. The minimum Gasteiger partial charge on any atom is -0.294 e. The summed E-state index contributed by atoms with van der Waals surface area (Å²) in [5.74, 6) is -1.34. The molecular formula is C14H19ClFNO3S. The summed E-state index contributed by atoms with van der Waals surface area (Å²) in [6, 6.07) is 1.46. The van der Waals surface area contributed by atoms with Gasteiger partial charge in [-0.25, -0.2) is 17.5 Å². The summed E-state index contributed by atoms with van der Waals surface area (Å²) in [7, 11) is -4.04. The van der Waals surface area contributed by atoms with Crippen molar-refractivity contribution in [3.05, 3.63) is 28.5 Å². The third-order valence-corrected chi connectivity index (χ3v) is 4.61. The molecule has 1 rings (SSSR count). The van der Waals surface area contributed by atoms with E-state index >= 15 is 0 Å². The Morgan fingerprint density at radius 1 is 1.29 bits per heavy atom. The maximum absolute atomic E-state index is 13.9. The summed E-state index contributed by atoms with van der Waals surface area (Å²) in [4.78, 5) is 11.7. The second-order valence-corrected chi connectivity index (χ2v) is 8.21. The molecule has 4 nitrogen and oxygen atoms in total. The molecule has 1 aromatic carbocycles. The highest BCUT2D eigenvalue weighted by atomic mass is 35.5. The zero-order valence-corrected chi connectivity index (χ0v) is 14.2. The average molecular weight is 336 g/mol. The highest BCUT2D eigenvalue weighted by molar-refractivity contribution is 7.89. The molecule has 118 valence electrons. The van der Waals surface area contributed by atoms with Crippen LogP contribution in [0, 0.1) is 11.2 Å². The van der Waals surface area contributed by atoms with E-state index in [9.17, 15) is 17.6 Å². The third-order valence-electron chi connectivity index (χ3n) is 2.63. The number of Topliss-reactive ketones (excluding diaryl/α,β-unsaturated/α-hetero) is 1. The number of sulfonamides is 1. The van der Waals surface area contributed by atoms with Gasteiger partial charge in [0.1, 0.15) is 10.7 Å². The van der Waals surface area contributed by atoms with Gasteiger partial charge < -0.3 is 0 Å². The van der Waals surface area contributed by atoms with Crippen molar-refractivity contribution in [3.63, 3.8) is 0 Å². The molecular weight excluding hydrogens is 317 g/mol. The van der Waals surface area contributed by atoms with Gasteiger partial charge in [-0.1, -0.05) is 32.4 Å². The Morgan fingerprint density at radius 2 is 1.81 bits per heavy atom. The van der Waals surface area contributed by atoms with Crippen molar-refractivity contribution in [1.29, 1.82) is 0 Å². The molecule has 0 aliphatic heterocycles. The second kappa shape index (κ2) is 6.02. The van der Waals surface area contributed by atoms with Crippen molar-refractivity contribution in [3.8, 4) is 0 Å². The molecule has 7 heteroatoms. The minimum atomic E-state index is -4.04. The Hall–Kier alpha value is -0.980. The van der Waals surface area contributed by atoms with Crippen LogP contribution in [0.3, 0.4) is 0 Å². The Morgan fingerprint density at radius 3 is 2.24 bits per heavy atom. The van der Waals surface area contributed by atoms with E-state index in [-0.39, 0.29) is 16.4 Å². The van der Waals surface area contributed by atoms with Crippen LogP contribution in [0.1, 0.15) is 45.0 Å². The van der Waals surface area contributed by atoms with Crippen molar-refractivity contribution >= 4 is 27.4 Å². The maximum atomic E-state index is 13.9. The number of halogens is 2. The molecule has 21 heavy (non-hydrogen) atoms. The molecule has 0 spiro atoms. The maximum Gasteiger partial charge on any atom is 0.243 e. The number of hydrogen-bond acceptors (Lipinski definition) is 3. The largest absolute Gasteiger partial charge is 0.294 e. The molecule has 0 saturated carbocycles. The second-order valence-electron chi connectivity index (χ2n) is 6.12. The molecule has 0 aromatic heterocycles. The standard InChI is InChI=1S/C14H19ClFNO3S/c1-8(2)17-21(19,20)12-6-9(10(15)7-11(12)16)13(18)14(3,4)5/h6-8,17H,1-5H3. The van der Waals surface area contributed by atoms with Crippen LogP contribution in [-0.4, -0.2) is 20.2 Å². The number of carbonyl (C=O) groups excluding carboxylic acids is 1. The molecule has 0 aliphatic rings. The molecule has 0 amide bonds. The summed E-state index contributed by atoms with van der Waals surface area (Å²) in [5.41, 5.74) is -0.761. The van der Waals surface area contributed by atoms with Crippen LogP contribution >= 0.6 is 11.6 Å². The van der Waals surface area contributed by atoms with Crippen LogP contribution in [0.15, 0.2) is 17.0 Å². The van der Waals surface area contributed by atoms with Gasteiger partial charge in [-0.3, -0.25) is 4.79 Å². The number of ketones is 1. The smallest absolute Gasteiger partial charge is 0.243 e. The van der Waals surface area contributed by atoms with Crippen molar-refractivity contribution in [1.82, 2.24) is 4.72 Å². The van der Waals surface area contributed by atoms with E-state index in [4.69, 9.17) is 11.6 Å². The summed E-state index contributed by atoms with van der Waals surface area (Å²) >= 11 is 5.88. The first-order valence-corrected chi connectivity index (χ1v) is 8.28. The van der Waals surface area contributed by atoms with E-state index < -0.39 is 32.2 Å². The van der Waals surface area contributed by atoms with Gasteiger partial charge in [-0.2, -0.15) is 0 Å². The average Bonchev–Trinajstić information content (AvgIpc) is 2.24. The first-order chi connectivity index (χ1) is 9.36. The van der Waals surface area contributed by atoms with Crippen LogP contribution in [0.25, 0.3) is 0 Å². The predicted molar refractivity (Wildman–Crippen MR) is 80.7 cm³/mol. The molecule has 0 heterocycles. The lowest BCUT2D eigenvalue weighted by Crippen LogP contribution is -2.31. The molecule has 0 fully saturated rings. The first kappa shape index (κ1) is 18.1. The fourth-order valence-corrected chi connectivity index (χ4v) is 3.26. The fourth-order valence-electron chi connectivity index (χ4n) is 1.69. The number of carbonyl (C=O) groups is 1. The van der Waals surface area contributed by atoms with E-state index in [2.05, 4.69) is 4.72 Å². The van der Waals surface area contributed by atoms with Crippen molar-refractivity contribution in [2.24, 2.45) is 5.41 Å². The van der Waals surface area contributed by atoms with Crippen LogP contribution in [0.2, 0.25) is 5.02 Å². The van der Waals surface area contributed by atoms with Crippen LogP contribution in [0.5, 0.6) is 0 Å². The van der Waals surface area contributed by atoms with Gasteiger partial charge in [0.15, 0.2) is 5.78 Å². The molecule has 0 saturated heterocycles. The SMILES string of the molecule is CC(C)NS(=O)(=O)c1cc(C(=O)C(C)(C)C)c(Cl)cc1F. The van der Waals surface area contributed by atoms with Gasteiger partial charge in [0.25, 0.3) is 0 Å². The minimum absolute atomic E-state index is 0.00491. The summed E-state index contributed by atoms with van der Waals surface area (Å²) in [6.45, 7) is 8.26. The fraction of sp³-hybridized carbons (Fsp3) is 0.500. The highest BCUT2D eigenvalue weighted by Gasteiger charge is 2.29. The number of rotatable bonds is 4. The van der Waals surface area contributed by atoms with Gasteiger partial charge in [-0.05, 0) is 26.0 Å². The zero-order valence-electron chi connectivity index (χ0n) is 12.6. The van der Waals surface area contributed by atoms with E-state index in [1.807, 2.05) is 0 Å². The lowest BCUT2D eigenvalue weighted by molar-refractivity contribution is 0.0858. The topological polar surface area (TPSA) is 63.2 Å². The summed E-state index contributed by atoms with van der Waals surface area (Å²) < 4.78 is 40.4. The van der Waals surface area contributed by atoms with Crippen molar-refractivity contribution in [2.75, 3.05) is 0 Å². The Kier molecular flexibility index (Phi) is 5.18. The van der Waals surface area contributed by atoms with Crippen molar-refractivity contribution in [2.45, 2.75) is 45.6 Å². The molecule has 0 aliphatic carbocycles. The van der Waals surface area contributed by atoms with Crippen LogP contribution in [-0.2, 0) is 10.0 Å². The van der Waals surface area contributed by atoms with Gasteiger partial charge in [0, 0.05) is 17.0 Å². The first-order valence-electron chi connectivity index (χ1n) is 6.42. The number of benzene rings is 1. The van der Waals surface area contributed by atoms with Crippen molar-refractivity contribution < 1.29 is 17.6 Å². The van der Waals surface area contributed by atoms with Gasteiger partial charge >= 0.3 is 0 Å². The normalized spacial score (nSPS) is 12.8. The van der Waals surface area contributed by atoms with Gasteiger partial charge in [0.2, 0.25) is 10.0 Å². The molecule has 0 bridgehead atoms. The lowest BCUT2D eigenvalue weighted by Gasteiger charge is -2.19. The van der Waals surface area contributed by atoms with Crippen LogP contribution in [0.4, 0.5) is 4.39 Å². The summed E-state index contributed by atoms with van der Waals surface area (Å²) in [6.07, 6.45) is 0. The molecule has 0 unspecified atom stereocenters. The third kappa shape index (κ3) is 4.25. The van der Waals surface area contributed by atoms with Gasteiger partial charge in [-0.15, -0.1) is 0 Å². The van der Waals surface area contributed by atoms with E-state index in [0.717, 1.165) is 12.1 Å². The number of hydrogen-bond donors (Lipinski definition) is 1. The Bertz CT molecular complexity index is 664. The van der Waals surface area contributed by atoms with Gasteiger partial charge in [0.05, 0.1) is 5.02 Å². The van der Waals surface area contributed by atoms with E-state index in [1.54, 1.807) is 34.6 Å². The highest BCUT2D eigenvalue weighted by Crippen LogP contribution is 2.29. The Labute approximate surface area is 129 Å². The molecule has 0 radical (unpaired) electrons. The number of nitrogens with one attached hydrogen (secondary N) is 1. The van der Waals surface area contributed by atoms with Crippen LogP contribution < -0.4 is 4.72 Å². The Balaban J connectivity index is 3.48. The van der Waals surface area contributed by atoms with E-state index in [1.165, 1.54) is 0 Å². The zero-order chi connectivity index (χ0) is 16.6. The van der Waals surface area contributed by atoms with E-state index in [0.29, 0.717) is 0 Å².